The molecular formula is C21H24Cl2IN. The van der Waals surface area contributed by atoms with Crippen LogP contribution in [-0.2, 0) is 12.0 Å². The summed E-state index contributed by atoms with van der Waals surface area (Å²) in [5.74, 6) is 0. The molecular weight excluding hydrogens is 464 g/mol. The third kappa shape index (κ3) is 4.91. The molecule has 0 unspecified atom stereocenters. The van der Waals surface area contributed by atoms with Gasteiger partial charge in [-0.2, -0.15) is 0 Å². The van der Waals surface area contributed by atoms with E-state index in [1.165, 1.54) is 47.8 Å². The minimum atomic E-state index is 0.187. The molecule has 0 radical (unpaired) electrons. The molecule has 0 spiro atoms. The van der Waals surface area contributed by atoms with E-state index in [0.717, 1.165) is 13.1 Å². The molecule has 2 aromatic carbocycles. The average molecular weight is 488 g/mol. The van der Waals surface area contributed by atoms with Gasteiger partial charge in [0.1, 0.15) is 0 Å². The highest BCUT2D eigenvalue weighted by Gasteiger charge is 2.36. The Labute approximate surface area is 174 Å². The molecule has 0 bridgehead atoms. The summed E-state index contributed by atoms with van der Waals surface area (Å²) in [6.45, 7) is 3.28. The smallest absolute Gasteiger partial charge is 0.0595 e. The summed E-state index contributed by atoms with van der Waals surface area (Å²) in [5.41, 5.74) is 2.93. The molecule has 3 rings (SSSR count). The molecule has 1 heterocycles. The molecule has 1 saturated heterocycles. The Balaban J connectivity index is 1.84. The van der Waals surface area contributed by atoms with Crippen LogP contribution in [0.1, 0.15) is 36.8 Å². The van der Waals surface area contributed by atoms with E-state index in [1.54, 1.807) is 0 Å². The van der Waals surface area contributed by atoms with Gasteiger partial charge in [-0.3, -0.25) is 4.90 Å². The topological polar surface area (TPSA) is 3.24 Å². The maximum Gasteiger partial charge on any atom is 0.0595 e. The molecule has 1 atom stereocenters. The molecule has 0 N–H and O–H groups in total. The van der Waals surface area contributed by atoms with Gasteiger partial charge in [0.2, 0.25) is 0 Å². The van der Waals surface area contributed by atoms with E-state index in [9.17, 15) is 0 Å². The number of hydrogen-bond acceptors (Lipinski definition) is 1. The van der Waals surface area contributed by atoms with E-state index in [-0.39, 0.29) is 5.41 Å². The first-order valence-electron chi connectivity index (χ1n) is 8.91. The van der Waals surface area contributed by atoms with Crippen LogP contribution in [0.15, 0.2) is 48.5 Å². The highest BCUT2D eigenvalue weighted by molar-refractivity contribution is 14.1. The second-order valence-corrected chi connectivity index (χ2v) is 8.89. The first-order valence-corrected chi connectivity index (χ1v) is 11.2. The van der Waals surface area contributed by atoms with Crippen molar-refractivity contribution in [1.29, 1.82) is 0 Å². The van der Waals surface area contributed by atoms with E-state index >= 15 is 0 Å². The second kappa shape index (κ2) is 9.07. The molecule has 1 nitrogen and oxygen atoms in total. The van der Waals surface area contributed by atoms with Gasteiger partial charge in [0.25, 0.3) is 0 Å². The monoisotopic (exact) mass is 487 g/mol. The number of halogens is 3. The Morgan fingerprint density at radius 1 is 1.04 bits per heavy atom. The van der Waals surface area contributed by atoms with Crippen molar-refractivity contribution in [2.75, 3.05) is 17.5 Å². The van der Waals surface area contributed by atoms with Gasteiger partial charge < -0.3 is 0 Å². The van der Waals surface area contributed by atoms with Crippen LogP contribution in [0.2, 0.25) is 10.0 Å². The number of hydrogen-bond donors (Lipinski definition) is 0. The van der Waals surface area contributed by atoms with Crippen molar-refractivity contribution in [3.63, 3.8) is 0 Å². The van der Waals surface area contributed by atoms with E-state index in [4.69, 9.17) is 23.2 Å². The van der Waals surface area contributed by atoms with Crippen molar-refractivity contribution in [3.05, 3.63) is 69.7 Å². The van der Waals surface area contributed by atoms with Crippen molar-refractivity contribution in [1.82, 2.24) is 4.90 Å². The predicted molar refractivity (Wildman–Crippen MR) is 117 cm³/mol. The molecule has 2 aromatic rings. The molecule has 1 aliphatic heterocycles. The summed E-state index contributed by atoms with van der Waals surface area (Å²) in [4.78, 5) is 2.61. The van der Waals surface area contributed by atoms with Crippen LogP contribution in [0.4, 0.5) is 0 Å². The van der Waals surface area contributed by atoms with Gasteiger partial charge in [0.15, 0.2) is 0 Å². The standard InChI is InChI=1S/C21H24Cl2IN/c22-19-9-8-18(14-20(19)23)21(10-4-12-24)11-5-13-25(16-21)15-17-6-2-1-3-7-17/h1-3,6-9,14H,4-5,10-13,15-16H2/t21-/m1/s1. The van der Waals surface area contributed by atoms with Gasteiger partial charge in [-0.1, -0.05) is 82.2 Å². The van der Waals surface area contributed by atoms with Crippen LogP contribution >= 0.6 is 45.8 Å². The van der Waals surface area contributed by atoms with E-state index in [0.29, 0.717) is 10.0 Å². The Bertz CT molecular complexity index is 692. The highest BCUT2D eigenvalue weighted by atomic mass is 127. The lowest BCUT2D eigenvalue weighted by molar-refractivity contribution is 0.131. The van der Waals surface area contributed by atoms with E-state index < -0.39 is 0 Å². The highest BCUT2D eigenvalue weighted by Crippen LogP contribution is 2.40. The maximum atomic E-state index is 6.35. The summed E-state index contributed by atoms with van der Waals surface area (Å²) in [6.07, 6.45) is 4.90. The molecule has 1 fully saturated rings. The fraction of sp³-hybridized carbons (Fsp3) is 0.429. The first kappa shape index (κ1) is 19.5. The molecule has 1 aliphatic rings. The zero-order valence-electron chi connectivity index (χ0n) is 14.4. The summed E-state index contributed by atoms with van der Waals surface area (Å²) in [6, 6.07) is 17.0. The van der Waals surface area contributed by atoms with Gasteiger partial charge >= 0.3 is 0 Å². The normalized spacial score (nSPS) is 21.4. The van der Waals surface area contributed by atoms with E-state index in [2.05, 4.69) is 70.0 Å². The van der Waals surface area contributed by atoms with Crippen LogP contribution in [0, 0.1) is 0 Å². The van der Waals surface area contributed by atoms with Gasteiger partial charge in [-0.05, 0) is 59.9 Å². The Hall–Kier alpha value is -0.290. The SMILES string of the molecule is Clc1ccc([C@]2(CCCI)CCCN(Cc3ccccc3)C2)cc1Cl. The fourth-order valence-corrected chi connectivity index (χ4v) is 4.70. The molecule has 4 heteroatoms. The summed E-state index contributed by atoms with van der Waals surface area (Å²) in [7, 11) is 0. The minimum Gasteiger partial charge on any atom is -0.298 e. The molecule has 0 aromatic heterocycles. The lowest BCUT2D eigenvalue weighted by Crippen LogP contribution is -2.45. The van der Waals surface area contributed by atoms with Crippen molar-refractivity contribution < 1.29 is 0 Å². The van der Waals surface area contributed by atoms with Crippen molar-refractivity contribution in [2.24, 2.45) is 0 Å². The van der Waals surface area contributed by atoms with Crippen molar-refractivity contribution in [2.45, 2.75) is 37.6 Å². The fourth-order valence-electron chi connectivity index (χ4n) is 4.02. The summed E-state index contributed by atoms with van der Waals surface area (Å²) >= 11 is 15.0. The zero-order valence-corrected chi connectivity index (χ0v) is 18.0. The third-order valence-corrected chi connectivity index (χ3v) is 6.73. The van der Waals surface area contributed by atoms with Crippen molar-refractivity contribution >= 4 is 45.8 Å². The molecule has 134 valence electrons. The molecule has 0 aliphatic carbocycles. The zero-order chi connectivity index (χ0) is 17.7. The summed E-state index contributed by atoms with van der Waals surface area (Å²) < 4.78 is 1.19. The third-order valence-electron chi connectivity index (χ3n) is 5.23. The molecule has 25 heavy (non-hydrogen) atoms. The van der Waals surface area contributed by atoms with Gasteiger partial charge in [-0.25, -0.2) is 0 Å². The maximum absolute atomic E-state index is 6.35. The van der Waals surface area contributed by atoms with E-state index in [1.807, 2.05) is 6.07 Å². The number of alkyl halides is 1. The number of likely N-dealkylation sites (tertiary alicyclic amines) is 1. The van der Waals surface area contributed by atoms with Crippen LogP contribution in [0.5, 0.6) is 0 Å². The summed E-state index contributed by atoms with van der Waals surface area (Å²) in [5, 5.41) is 1.32. The Morgan fingerprint density at radius 3 is 2.56 bits per heavy atom. The first-order chi connectivity index (χ1) is 12.1. The lowest BCUT2D eigenvalue weighted by Gasteiger charge is -2.44. The minimum absolute atomic E-state index is 0.187. The Kier molecular flexibility index (Phi) is 7.07. The second-order valence-electron chi connectivity index (χ2n) is 7.00. The Morgan fingerprint density at radius 2 is 1.84 bits per heavy atom. The number of nitrogens with zero attached hydrogens (tertiary/aromatic N) is 1. The number of piperidine rings is 1. The van der Waals surface area contributed by atoms with Crippen LogP contribution in [0.25, 0.3) is 0 Å². The van der Waals surface area contributed by atoms with Crippen molar-refractivity contribution in [3.8, 4) is 0 Å². The number of benzene rings is 2. The van der Waals surface area contributed by atoms with Crippen LogP contribution in [-0.4, -0.2) is 22.4 Å². The van der Waals surface area contributed by atoms with Gasteiger partial charge in [-0.15, -0.1) is 0 Å². The van der Waals surface area contributed by atoms with Gasteiger partial charge in [0, 0.05) is 18.5 Å². The predicted octanol–water partition coefficient (Wildman–Crippen LogP) is 6.74. The number of rotatable bonds is 6. The quantitative estimate of drug-likeness (QED) is 0.322. The largest absolute Gasteiger partial charge is 0.298 e. The molecule has 0 saturated carbocycles. The molecule has 0 amide bonds. The van der Waals surface area contributed by atoms with Gasteiger partial charge in [0.05, 0.1) is 10.0 Å². The van der Waals surface area contributed by atoms with Crippen LogP contribution < -0.4 is 0 Å². The average Bonchev–Trinajstić information content (AvgIpc) is 2.63. The lowest BCUT2D eigenvalue weighted by atomic mass is 9.71. The van der Waals surface area contributed by atoms with Crippen LogP contribution in [0.3, 0.4) is 0 Å².